The lowest BCUT2D eigenvalue weighted by atomic mass is 9.81. The van der Waals surface area contributed by atoms with Crippen LogP contribution >= 0.6 is 0 Å². The van der Waals surface area contributed by atoms with Crippen LogP contribution in [0, 0.1) is 26.7 Å². The summed E-state index contributed by atoms with van der Waals surface area (Å²) in [6, 6.07) is 6.36. The highest BCUT2D eigenvalue weighted by Crippen LogP contribution is 2.32. The fourth-order valence-corrected chi connectivity index (χ4v) is 5.77. The fourth-order valence-electron chi connectivity index (χ4n) is 5.77. The SMILES string of the molecule is Cc1cc(C)c(CNC(=O)c2cc(C(=O)N3CCC3)cc(NC(C)[C@H]3CC[C@H](N(C)C)CC3)c2C)c(=O)[nH]1. The molecule has 1 aromatic heterocycles. The Morgan fingerprint density at radius 2 is 1.76 bits per heavy atom. The molecular formula is C30H43N5O3. The Morgan fingerprint density at radius 3 is 2.34 bits per heavy atom. The molecule has 0 radical (unpaired) electrons. The topological polar surface area (TPSA) is 97.5 Å². The number of likely N-dealkylation sites (tertiary alicyclic amines) is 1. The van der Waals surface area contributed by atoms with Gasteiger partial charge in [-0.3, -0.25) is 14.4 Å². The molecular weight excluding hydrogens is 478 g/mol. The lowest BCUT2D eigenvalue weighted by molar-refractivity contribution is 0.0652. The van der Waals surface area contributed by atoms with Gasteiger partial charge in [-0.15, -0.1) is 0 Å². The van der Waals surface area contributed by atoms with Crippen molar-refractivity contribution in [2.75, 3.05) is 32.5 Å². The van der Waals surface area contributed by atoms with E-state index in [4.69, 9.17) is 0 Å². The van der Waals surface area contributed by atoms with Crippen molar-refractivity contribution < 1.29 is 9.59 Å². The Balaban J connectivity index is 1.56. The number of H-pyrrole nitrogens is 1. The van der Waals surface area contributed by atoms with Gasteiger partial charge in [-0.25, -0.2) is 0 Å². The average molecular weight is 522 g/mol. The molecule has 1 atom stereocenters. The highest BCUT2D eigenvalue weighted by Gasteiger charge is 2.28. The number of benzene rings is 1. The molecule has 8 nitrogen and oxygen atoms in total. The van der Waals surface area contributed by atoms with E-state index in [2.05, 4.69) is 41.5 Å². The summed E-state index contributed by atoms with van der Waals surface area (Å²) in [5.74, 6) is 0.203. The van der Waals surface area contributed by atoms with Gasteiger partial charge in [-0.05, 0) is 109 Å². The van der Waals surface area contributed by atoms with Crippen LogP contribution in [0.15, 0.2) is 23.0 Å². The van der Waals surface area contributed by atoms with E-state index in [1.54, 1.807) is 6.07 Å². The molecule has 1 aromatic carbocycles. The summed E-state index contributed by atoms with van der Waals surface area (Å²) in [7, 11) is 4.30. The third-order valence-corrected chi connectivity index (χ3v) is 8.52. The molecule has 4 rings (SSSR count). The number of nitrogens with zero attached hydrogens (tertiary/aromatic N) is 2. The van der Waals surface area contributed by atoms with Crippen LogP contribution in [0.2, 0.25) is 0 Å². The lowest BCUT2D eigenvalue weighted by Gasteiger charge is -2.36. The van der Waals surface area contributed by atoms with E-state index >= 15 is 0 Å². The molecule has 0 bridgehead atoms. The van der Waals surface area contributed by atoms with Crippen LogP contribution in [0.5, 0.6) is 0 Å². The smallest absolute Gasteiger partial charge is 0.253 e. The zero-order valence-electron chi connectivity index (χ0n) is 23.7. The molecule has 2 aliphatic rings. The summed E-state index contributed by atoms with van der Waals surface area (Å²) in [6.07, 6.45) is 5.68. The summed E-state index contributed by atoms with van der Waals surface area (Å²) >= 11 is 0. The number of pyridine rings is 1. The molecule has 38 heavy (non-hydrogen) atoms. The number of hydrogen-bond acceptors (Lipinski definition) is 5. The maximum Gasteiger partial charge on any atom is 0.253 e. The van der Waals surface area contributed by atoms with Gasteiger partial charge < -0.3 is 25.4 Å². The Labute approximate surface area is 226 Å². The summed E-state index contributed by atoms with van der Waals surface area (Å²) in [6.45, 7) is 9.46. The fraction of sp³-hybridized carbons (Fsp3) is 0.567. The van der Waals surface area contributed by atoms with Crippen LogP contribution < -0.4 is 16.2 Å². The number of rotatable bonds is 8. The van der Waals surface area contributed by atoms with Gasteiger partial charge in [0.05, 0.1) is 0 Å². The number of carbonyl (C=O) groups excluding carboxylic acids is 2. The molecule has 1 saturated heterocycles. The van der Waals surface area contributed by atoms with Gasteiger partial charge >= 0.3 is 0 Å². The van der Waals surface area contributed by atoms with Crippen molar-refractivity contribution in [1.29, 1.82) is 0 Å². The number of nitrogens with one attached hydrogen (secondary N) is 3. The number of aromatic amines is 1. The minimum atomic E-state index is -0.290. The van der Waals surface area contributed by atoms with Gasteiger partial charge in [0.25, 0.3) is 17.4 Å². The van der Waals surface area contributed by atoms with E-state index in [0.29, 0.717) is 28.7 Å². The van der Waals surface area contributed by atoms with Crippen molar-refractivity contribution in [3.05, 3.63) is 62.1 Å². The molecule has 1 aliphatic carbocycles. The highest BCUT2D eigenvalue weighted by molar-refractivity contribution is 6.02. The standard InChI is InChI=1S/C30H43N5O3/c1-18-14-19(2)32-29(37)26(18)17-31-28(36)25-15-23(30(38)35-12-7-13-35)16-27(20(25)3)33-21(4)22-8-10-24(11-9-22)34(5)6/h14-16,21-22,24,33H,7-13,17H2,1-6H3,(H,31,36)(H,32,37)/t21?,22-,24-. The first kappa shape index (κ1) is 27.9. The first-order valence-corrected chi connectivity index (χ1v) is 13.9. The van der Waals surface area contributed by atoms with Crippen molar-refractivity contribution in [3.63, 3.8) is 0 Å². The van der Waals surface area contributed by atoms with Crippen LogP contribution in [0.3, 0.4) is 0 Å². The number of anilines is 1. The lowest BCUT2D eigenvalue weighted by Crippen LogP contribution is -2.42. The quantitative estimate of drug-likeness (QED) is 0.488. The van der Waals surface area contributed by atoms with Crippen LogP contribution in [-0.4, -0.2) is 65.9 Å². The Kier molecular flexibility index (Phi) is 8.61. The predicted octanol–water partition coefficient (Wildman–Crippen LogP) is 4.00. The zero-order chi connectivity index (χ0) is 27.6. The van der Waals surface area contributed by atoms with E-state index in [0.717, 1.165) is 54.9 Å². The van der Waals surface area contributed by atoms with Crippen molar-refractivity contribution in [2.24, 2.45) is 5.92 Å². The van der Waals surface area contributed by atoms with Gasteiger partial charge in [0.15, 0.2) is 0 Å². The molecule has 2 aromatic rings. The normalized spacial score (nSPS) is 20.1. The molecule has 8 heteroatoms. The van der Waals surface area contributed by atoms with Gasteiger partial charge in [-0.1, -0.05) is 0 Å². The molecule has 2 heterocycles. The average Bonchev–Trinajstić information content (AvgIpc) is 2.83. The Morgan fingerprint density at radius 1 is 1.08 bits per heavy atom. The summed E-state index contributed by atoms with van der Waals surface area (Å²) in [4.78, 5) is 46.0. The monoisotopic (exact) mass is 521 g/mol. The first-order valence-electron chi connectivity index (χ1n) is 13.9. The minimum absolute atomic E-state index is 0.0432. The highest BCUT2D eigenvalue weighted by atomic mass is 16.2. The second-order valence-electron chi connectivity index (χ2n) is 11.4. The van der Waals surface area contributed by atoms with Crippen molar-refractivity contribution in [1.82, 2.24) is 20.1 Å². The first-order chi connectivity index (χ1) is 18.0. The third kappa shape index (κ3) is 6.12. The number of amides is 2. The molecule has 2 fully saturated rings. The largest absolute Gasteiger partial charge is 0.382 e. The Hall–Kier alpha value is -3.13. The van der Waals surface area contributed by atoms with E-state index in [1.807, 2.05) is 37.8 Å². The van der Waals surface area contributed by atoms with Crippen LogP contribution in [0.1, 0.15) is 82.1 Å². The second-order valence-corrected chi connectivity index (χ2v) is 11.4. The second kappa shape index (κ2) is 11.7. The maximum absolute atomic E-state index is 13.4. The van der Waals surface area contributed by atoms with Gasteiger partial charge in [-0.2, -0.15) is 0 Å². The minimum Gasteiger partial charge on any atom is -0.382 e. The molecule has 1 aliphatic heterocycles. The van der Waals surface area contributed by atoms with Crippen LogP contribution in [0.4, 0.5) is 5.69 Å². The van der Waals surface area contributed by atoms with Gasteiger partial charge in [0, 0.05) is 59.8 Å². The van der Waals surface area contributed by atoms with E-state index < -0.39 is 0 Å². The number of carbonyl (C=O) groups is 2. The zero-order valence-corrected chi connectivity index (χ0v) is 23.7. The molecule has 2 amide bonds. The molecule has 3 N–H and O–H groups in total. The molecule has 1 unspecified atom stereocenters. The van der Waals surface area contributed by atoms with Crippen molar-refractivity contribution in [3.8, 4) is 0 Å². The number of aromatic nitrogens is 1. The summed E-state index contributed by atoms with van der Waals surface area (Å²) < 4.78 is 0. The van der Waals surface area contributed by atoms with Crippen LogP contribution in [-0.2, 0) is 6.54 Å². The molecule has 206 valence electrons. The summed E-state index contributed by atoms with van der Waals surface area (Å²) in [5, 5.41) is 6.59. The van der Waals surface area contributed by atoms with Crippen LogP contribution in [0.25, 0.3) is 0 Å². The third-order valence-electron chi connectivity index (χ3n) is 8.52. The van der Waals surface area contributed by atoms with E-state index in [1.165, 1.54) is 12.8 Å². The number of hydrogen-bond donors (Lipinski definition) is 3. The van der Waals surface area contributed by atoms with E-state index in [-0.39, 0.29) is 30.0 Å². The number of aryl methyl sites for hydroxylation is 2. The van der Waals surface area contributed by atoms with Gasteiger partial charge in [0.1, 0.15) is 0 Å². The maximum atomic E-state index is 13.4. The van der Waals surface area contributed by atoms with E-state index in [9.17, 15) is 14.4 Å². The van der Waals surface area contributed by atoms with Crippen molar-refractivity contribution in [2.45, 2.75) is 78.4 Å². The molecule has 0 spiro atoms. The summed E-state index contributed by atoms with van der Waals surface area (Å²) in [5.41, 5.74) is 4.59. The van der Waals surface area contributed by atoms with Gasteiger partial charge in [0.2, 0.25) is 0 Å². The van der Waals surface area contributed by atoms with Crippen molar-refractivity contribution >= 4 is 17.5 Å². The molecule has 1 saturated carbocycles. The predicted molar refractivity (Wildman–Crippen MR) is 152 cm³/mol. The Bertz CT molecular complexity index is 1240.